The van der Waals surface area contributed by atoms with Crippen molar-refractivity contribution >= 4 is 23.2 Å². The number of hydrogen-bond donors (Lipinski definition) is 1. The first-order valence-electron chi connectivity index (χ1n) is 12.1. The van der Waals surface area contributed by atoms with Gasteiger partial charge in [-0.25, -0.2) is 0 Å². The number of methoxy groups -OCH3 is 2. The summed E-state index contributed by atoms with van der Waals surface area (Å²) >= 11 is 0. The van der Waals surface area contributed by atoms with Gasteiger partial charge >= 0.3 is 0 Å². The number of rotatable bonds is 9. The van der Waals surface area contributed by atoms with Gasteiger partial charge in [-0.2, -0.15) is 0 Å². The van der Waals surface area contributed by atoms with Crippen molar-refractivity contribution in [3.63, 3.8) is 0 Å². The van der Waals surface area contributed by atoms with Crippen LogP contribution in [0.4, 0.5) is 11.4 Å². The Morgan fingerprint density at radius 1 is 0.944 bits per heavy atom. The van der Waals surface area contributed by atoms with Crippen molar-refractivity contribution in [1.29, 1.82) is 0 Å². The van der Waals surface area contributed by atoms with Crippen molar-refractivity contribution in [3.8, 4) is 11.5 Å². The highest BCUT2D eigenvalue weighted by Gasteiger charge is 2.36. The number of nitrogens with zero attached hydrogens (tertiary/aromatic N) is 2. The van der Waals surface area contributed by atoms with Gasteiger partial charge in [-0.3, -0.25) is 14.5 Å². The van der Waals surface area contributed by atoms with Gasteiger partial charge in [-0.05, 0) is 42.7 Å². The number of anilines is 2. The molecule has 1 fully saturated rings. The molecule has 8 heteroatoms. The molecule has 0 spiro atoms. The molecule has 3 aromatic rings. The second-order valence-electron chi connectivity index (χ2n) is 9.10. The highest BCUT2D eigenvalue weighted by molar-refractivity contribution is 6.09. The predicted molar refractivity (Wildman–Crippen MR) is 139 cm³/mol. The number of hydrogen-bond acceptors (Lipinski definition) is 6. The summed E-state index contributed by atoms with van der Waals surface area (Å²) in [5, 5.41) is 3.19. The van der Waals surface area contributed by atoms with Crippen molar-refractivity contribution < 1.29 is 23.5 Å². The van der Waals surface area contributed by atoms with E-state index in [1.807, 2.05) is 43.3 Å². The molecular formula is C28H33N3O5. The molecule has 1 heterocycles. The van der Waals surface area contributed by atoms with Crippen molar-refractivity contribution in [2.75, 3.05) is 38.1 Å². The van der Waals surface area contributed by atoms with Gasteiger partial charge in [0.25, 0.3) is 5.91 Å². The van der Waals surface area contributed by atoms with E-state index in [-0.39, 0.29) is 17.7 Å². The molecule has 190 valence electrons. The summed E-state index contributed by atoms with van der Waals surface area (Å²) in [7, 11) is 6.99. The van der Waals surface area contributed by atoms with Gasteiger partial charge in [0.15, 0.2) is 5.76 Å². The first kappa shape index (κ1) is 25.2. The number of amides is 2. The molecule has 4 rings (SSSR count). The van der Waals surface area contributed by atoms with Crippen LogP contribution in [0.25, 0.3) is 0 Å². The molecule has 1 atom stereocenters. The second-order valence-corrected chi connectivity index (χ2v) is 9.10. The minimum atomic E-state index is -0.948. The fourth-order valence-corrected chi connectivity index (χ4v) is 4.56. The Labute approximate surface area is 211 Å². The third kappa shape index (κ3) is 5.48. The summed E-state index contributed by atoms with van der Waals surface area (Å²) in [4.78, 5) is 31.2. The molecular weight excluding hydrogens is 458 g/mol. The van der Waals surface area contributed by atoms with E-state index >= 15 is 0 Å². The van der Waals surface area contributed by atoms with E-state index in [1.54, 1.807) is 44.6 Å². The van der Waals surface area contributed by atoms with E-state index in [4.69, 9.17) is 13.9 Å². The molecule has 1 N–H and O–H groups in total. The van der Waals surface area contributed by atoms with Crippen LogP contribution in [0.2, 0.25) is 0 Å². The molecule has 0 saturated heterocycles. The van der Waals surface area contributed by atoms with E-state index in [1.165, 1.54) is 11.2 Å². The minimum absolute atomic E-state index is 0.0847. The maximum absolute atomic E-state index is 13.9. The Hall–Kier alpha value is -3.94. The normalized spacial score (nSPS) is 14.2. The molecule has 0 bridgehead atoms. The summed E-state index contributed by atoms with van der Waals surface area (Å²) in [6, 6.07) is 15.2. The largest absolute Gasteiger partial charge is 0.497 e. The lowest BCUT2D eigenvalue weighted by Crippen LogP contribution is -2.46. The minimum Gasteiger partial charge on any atom is -0.497 e. The van der Waals surface area contributed by atoms with E-state index in [9.17, 15) is 9.59 Å². The summed E-state index contributed by atoms with van der Waals surface area (Å²) in [5.74, 6) is 0.430. The van der Waals surface area contributed by atoms with E-state index in [0.29, 0.717) is 22.7 Å². The number of ether oxygens (including phenoxy) is 2. The van der Waals surface area contributed by atoms with Gasteiger partial charge in [0.1, 0.15) is 17.5 Å². The zero-order valence-electron chi connectivity index (χ0n) is 21.2. The monoisotopic (exact) mass is 491 g/mol. The average molecular weight is 492 g/mol. The Balaban J connectivity index is 1.86. The Kier molecular flexibility index (Phi) is 7.83. The Morgan fingerprint density at radius 3 is 2.11 bits per heavy atom. The zero-order chi connectivity index (χ0) is 25.7. The van der Waals surface area contributed by atoms with Gasteiger partial charge in [0.05, 0.1) is 26.2 Å². The van der Waals surface area contributed by atoms with Crippen molar-refractivity contribution in [2.45, 2.75) is 37.8 Å². The lowest BCUT2D eigenvalue weighted by molar-refractivity contribution is -0.123. The van der Waals surface area contributed by atoms with Gasteiger partial charge < -0.3 is 24.1 Å². The SMILES string of the molecule is COc1cc(OC)cc(N(C(=O)c2ccco2)[C@H](C(=O)NC2CCCC2)c2ccc(N(C)C)cc2)c1. The van der Waals surface area contributed by atoms with Crippen LogP contribution in [-0.4, -0.2) is 46.2 Å². The van der Waals surface area contributed by atoms with Crippen LogP contribution in [0.3, 0.4) is 0 Å². The highest BCUT2D eigenvalue weighted by Crippen LogP contribution is 2.36. The standard InChI is InChI=1S/C28H33N3O5/c1-30(2)21-13-11-19(12-14-21)26(27(32)29-20-8-5-6-9-20)31(28(33)25-10-7-15-36-25)22-16-23(34-3)18-24(17-22)35-4/h7,10-18,20,26H,5-6,8-9H2,1-4H3,(H,29,32)/t26-/m0/s1. The maximum atomic E-state index is 13.9. The Morgan fingerprint density at radius 2 is 1.58 bits per heavy atom. The number of nitrogens with one attached hydrogen (secondary N) is 1. The fraction of sp³-hybridized carbons (Fsp3) is 0.357. The molecule has 2 amide bonds. The Bertz CT molecular complexity index is 1150. The third-order valence-electron chi connectivity index (χ3n) is 6.50. The second kappa shape index (κ2) is 11.2. The summed E-state index contributed by atoms with van der Waals surface area (Å²) in [6.45, 7) is 0. The van der Waals surface area contributed by atoms with E-state index in [2.05, 4.69) is 5.32 Å². The molecule has 8 nitrogen and oxygen atoms in total. The van der Waals surface area contributed by atoms with Gasteiger partial charge in [0.2, 0.25) is 5.91 Å². The molecule has 0 aliphatic heterocycles. The smallest absolute Gasteiger partial charge is 0.294 e. The van der Waals surface area contributed by atoms with Crippen LogP contribution in [0, 0.1) is 0 Å². The third-order valence-corrected chi connectivity index (χ3v) is 6.50. The van der Waals surface area contributed by atoms with Crippen LogP contribution in [0.1, 0.15) is 47.8 Å². The summed E-state index contributed by atoms with van der Waals surface area (Å²) in [5.41, 5.74) is 2.12. The number of carbonyl (C=O) groups excluding carboxylic acids is 2. The van der Waals surface area contributed by atoms with Crippen LogP contribution < -0.4 is 24.6 Å². The molecule has 0 unspecified atom stereocenters. The molecule has 0 radical (unpaired) electrons. The topological polar surface area (TPSA) is 84.2 Å². The van der Waals surface area contributed by atoms with Crippen molar-refractivity contribution in [1.82, 2.24) is 5.32 Å². The quantitative estimate of drug-likeness (QED) is 0.463. The predicted octanol–water partition coefficient (Wildman–Crippen LogP) is 4.81. The van der Waals surface area contributed by atoms with E-state index in [0.717, 1.165) is 31.4 Å². The van der Waals surface area contributed by atoms with Crippen molar-refractivity contribution in [3.05, 3.63) is 72.2 Å². The fourth-order valence-electron chi connectivity index (χ4n) is 4.56. The summed E-state index contributed by atoms with van der Waals surface area (Å²) < 4.78 is 16.4. The number of furan rings is 1. The zero-order valence-corrected chi connectivity index (χ0v) is 21.2. The average Bonchev–Trinajstić information content (AvgIpc) is 3.61. The molecule has 1 saturated carbocycles. The molecule has 1 aliphatic rings. The van der Waals surface area contributed by atoms with Crippen LogP contribution in [0.15, 0.2) is 65.3 Å². The van der Waals surface area contributed by atoms with Gasteiger partial charge in [0, 0.05) is 44.0 Å². The number of benzene rings is 2. The molecule has 1 aromatic heterocycles. The van der Waals surface area contributed by atoms with Crippen LogP contribution >= 0.6 is 0 Å². The van der Waals surface area contributed by atoms with Crippen LogP contribution in [-0.2, 0) is 4.79 Å². The maximum Gasteiger partial charge on any atom is 0.294 e. The van der Waals surface area contributed by atoms with Gasteiger partial charge in [-0.1, -0.05) is 25.0 Å². The number of carbonyl (C=O) groups is 2. The van der Waals surface area contributed by atoms with Crippen molar-refractivity contribution in [2.24, 2.45) is 0 Å². The molecule has 2 aromatic carbocycles. The lowest BCUT2D eigenvalue weighted by atomic mass is 10.0. The first-order chi connectivity index (χ1) is 17.4. The highest BCUT2D eigenvalue weighted by atomic mass is 16.5. The first-order valence-corrected chi connectivity index (χ1v) is 12.1. The molecule has 1 aliphatic carbocycles. The van der Waals surface area contributed by atoms with Crippen LogP contribution in [0.5, 0.6) is 11.5 Å². The molecule has 36 heavy (non-hydrogen) atoms. The van der Waals surface area contributed by atoms with Gasteiger partial charge in [-0.15, -0.1) is 0 Å². The van der Waals surface area contributed by atoms with E-state index < -0.39 is 11.9 Å². The summed E-state index contributed by atoms with van der Waals surface area (Å²) in [6.07, 6.45) is 5.45. The lowest BCUT2D eigenvalue weighted by Gasteiger charge is -2.32.